The van der Waals surface area contributed by atoms with Gasteiger partial charge in [0.15, 0.2) is 0 Å². The van der Waals surface area contributed by atoms with E-state index in [9.17, 15) is 0 Å². The van der Waals surface area contributed by atoms with Crippen molar-refractivity contribution in [3.63, 3.8) is 0 Å². The van der Waals surface area contributed by atoms with Crippen molar-refractivity contribution in [1.29, 1.82) is 0 Å². The zero-order valence-corrected chi connectivity index (χ0v) is 8.98. The Morgan fingerprint density at radius 1 is 1.38 bits per heavy atom. The first kappa shape index (κ1) is 10.6. The van der Waals surface area contributed by atoms with Crippen LogP contribution in [0.15, 0.2) is 43.5 Å². The van der Waals surface area contributed by atoms with Crippen LogP contribution in [0.4, 0.5) is 0 Å². The molecule has 0 fully saturated rings. The quantitative estimate of drug-likeness (QED) is 0.748. The minimum absolute atomic E-state index is 0.0619. The summed E-state index contributed by atoms with van der Waals surface area (Å²) in [4.78, 5) is 0. The third kappa shape index (κ3) is 1.87. The van der Waals surface area contributed by atoms with E-state index in [0.29, 0.717) is 0 Å². The molecule has 0 spiro atoms. The second-order valence-electron chi connectivity index (χ2n) is 3.45. The van der Waals surface area contributed by atoms with E-state index in [-0.39, 0.29) is 6.04 Å². The normalized spacial score (nSPS) is 12.5. The smallest absolute Gasteiger partial charge is 0.118 e. The number of H-pyrrole nitrogens is 1. The van der Waals surface area contributed by atoms with Gasteiger partial charge in [0.25, 0.3) is 0 Å². The molecule has 4 heteroatoms. The van der Waals surface area contributed by atoms with Crippen molar-refractivity contribution in [2.24, 2.45) is 0 Å². The SMILES string of the molecule is C=CCNC(C=C)c1cccc2n[nH]nc12. The van der Waals surface area contributed by atoms with Gasteiger partial charge in [0, 0.05) is 12.1 Å². The fourth-order valence-corrected chi connectivity index (χ4v) is 1.67. The molecular formula is C12H14N4. The molecule has 2 N–H and O–H groups in total. The number of fused-ring (bicyclic) bond motifs is 1. The molecule has 1 heterocycles. The Balaban J connectivity index is 2.39. The molecule has 1 aromatic carbocycles. The summed E-state index contributed by atoms with van der Waals surface area (Å²) in [5.41, 5.74) is 2.82. The maximum absolute atomic E-state index is 4.15. The number of hydrogen-bond acceptors (Lipinski definition) is 3. The van der Waals surface area contributed by atoms with E-state index in [1.807, 2.05) is 30.4 Å². The van der Waals surface area contributed by atoms with Crippen LogP contribution in [0.2, 0.25) is 0 Å². The lowest BCUT2D eigenvalue weighted by Gasteiger charge is -2.13. The van der Waals surface area contributed by atoms with Crippen LogP contribution in [0, 0.1) is 0 Å². The van der Waals surface area contributed by atoms with E-state index in [1.165, 1.54) is 0 Å². The highest BCUT2D eigenvalue weighted by Gasteiger charge is 2.11. The average molecular weight is 214 g/mol. The van der Waals surface area contributed by atoms with Gasteiger partial charge in [-0.2, -0.15) is 15.4 Å². The Morgan fingerprint density at radius 2 is 2.25 bits per heavy atom. The van der Waals surface area contributed by atoms with Crippen LogP contribution < -0.4 is 5.32 Å². The first-order valence-corrected chi connectivity index (χ1v) is 5.13. The van der Waals surface area contributed by atoms with Crippen LogP contribution >= 0.6 is 0 Å². The number of nitrogens with zero attached hydrogens (tertiary/aromatic N) is 2. The minimum atomic E-state index is 0.0619. The molecule has 0 aliphatic heterocycles. The molecule has 1 atom stereocenters. The van der Waals surface area contributed by atoms with Crippen molar-refractivity contribution in [3.8, 4) is 0 Å². The number of rotatable bonds is 5. The van der Waals surface area contributed by atoms with Gasteiger partial charge in [-0.05, 0) is 6.07 Å². The second-order valence-corrected chi connectivity index (χ2v) is 3.45. The van der Waals surface area contributed by atoms with Gasteiger partial charge >= 0.3 is 0 Å². The van der Waals surface area contributed by atoms with Gasteiger partial charge in [0.2, 0.25) is 0 Å². The summed E-state index contributed by atoms with van der Waals surface area (Å²) in [5.74, 6) is 0. The molecule has 82 valence electrons. The van der Waals surface area contributed by atoms with E-state index in [2.05, 4.69) is 33.9 Å². The molecule has 0 aliphatic carbocycles. The molecule has 2 aromatic rings. The maximum atomic E-state index is 4.15. The number of hydrogen-bond donors (Lipinski definition) is 2. The Bertz CT molecular complexity index is 500. The van der Waals surface area contributed by atoms with Crippen LogP contribution in [0.25, 0.3) is 11.0 Å². The maximum Gasteiger partial charge on any atom is 0.118 e. The number of para-hydroxylation sites is 1. The zero-order chi connectivity index (χ0) is 11.4. The van der Waals surface area contributed by atoms with E-state index in [1.54, 1.807) is 0 Å². The molecule has 0 amide bonds. The van der Waals surface area contributed by atoms with Gasteiger partial charge in [-0.1, -0.05) is 24.3 Å². The Morgan fingerprint density at radius 3 is 3.00 bits per heavy atom. The standard InChI is InChI=1S/C12H14N4/c1-3-8-13-10(4-2)9-6-5-7-11-12(9)15-16-14-11/h3-7,10,13H,1-2,8H2,(H,14,15,16). The molecule has 1 unspecified atom stereocenters. The first-order valence-electron chi connectivity index (χ1n) is 5.13. The van der Waals surface area contributed by atoms with E-state index in [4.69, 9.17) is 0 Å². The largest absolute Gasteiger partial charge is 0.303 e. The Hall–Kier alpha value is -1.94. The molecule has 0 saturated carbocycles. The molecule has 0 bridgehead atoms. The first-order chi connectivity index (χ1) is 7.86. The second kappa shape index (κ2) is 4.72. The van der Waals surface area contributed by atoms with E-state index in [0.717, 1.165) is 23.1 Å². The molecule has 0 aliphatic rings. The van der Waals surface area contributed by atoms with Crippen molar-refractivity contribution in [2.45, 2.75) is 6.04 Å². The zero-order valence-electron chi connectivity index (χ0n) is 8.98. The third-order valence-corrected chi connectivity index (χ3v) is 2.43. The number of aromatic nitrogens is 3. The van der Waals surface area contributed by atoms with Crippen LogP contribution in [0.3, 0.4) is 0 Å². The number of benzene rings is 1. The Labute approximate surface area is 94.1 Å². The van der Waals surface area contributed by atoms with Crippen molar-refractivity contribution in [3.05, 3.63) is 49.1 Å². The summed E-state index contributed by atoms with van der Waals surface area (Å²) >= 11 is 0. The highest BCUT2D eigenvalue weighted by atomic mass is 15.3. The summed E-state index contributed by atoms with van der Waals surface area (Å²) in [6.45, 7) is 8.24. The van der Waals surface area contributed by atoms with Crippen molar-refractivity contribution in [1.82, 2.24) is 20.7 Å². The summed E-state index contributed by atoms with van der Waals surface area (Å²) in [5, 5.41) is 14.1. The fourth-order valence-electron chi connectivity index (χ4n) is 1.67. The average Bonchev–Trinajstić information content (AvgIpc) is 2.78. The monoisotopic (exact) mass is 214 g/mol. The lowest BCUT2D eigenvalue weighted by Crippen LogP contribution is -2.19. The fraction of sp³-hybridized carbons (Fsp3) is 0.167. The Kier molecular flexibility index (Phi) is 3.12. The van der Waals surface area contributed by atoms with Gasteiger partial charge in [-0.15, -0.1) is 13.2 Å². The van der Waals surface area contributed by atoms with Crippen molar-refractivity contribution < 1.29 is 0 Å². The molecule has 16 heavy (non-hydrogen) atoms. The third-order valence-electron chi connectivity index (χ3n) is 2.43. The highest BCUT2D eigenvalue weighted by molar-refractivity contribution is 5.78. The van der Waals surface area contributed by atoms with E-state index >= 15 is 0 Å². The predicted octanol–water partition coefficient (Wildman–Crippen LogP) is 1.96. The highest BCUT2D eigenvalue weighted by Crippen LogP contribution is 2.21. The molecule has 4 nitrogen and oxygen atoms in total. The van der Waals surface area contributed by atoms with Gasteiger partial charge in [-0.3, -0.25) is 0 Å². The molecule has 0 saturated heterocycles. The predicted molar refractivity (Wildman–Crippen MR) is 65.0 cm³/mol. The van der Waals surface area contributed by atoms with Gasteiger partial charge in [0.1, 0.15) is 11.0 Å². The van der Waals surface area contributed by atoms with Crippen molar-refractivity contribution in [2.75, 3.05) is 6.54 Å². The summed E-state index contributed by atoms with van der Waals surface area (Å²) in [7, 11) is 0. The minimum Gasteiger partial charge on any atom is -0.303 e. The summed E-state index contributed by atoms with van der Waals surface area (Å²) in [6.07, 6.45) is 3.67. The number of aromatic amines is 1. The van der Waals surface area contributed by atoms with Crippen LogP contribution in [0.5, 0.6) is 0 Å². The van der Waals surface area contributed by atoms with Crippen molar-refractivity contribution >= 4 is 11.0 Å². The molecular weight excluding hydrogens is 200 g/mol. The van der Waals surface area contributed by atoms with Gasteiger partial charge in [0.05, 0.1) is 6.04 Å². The lowest BCUT2D eigenvalue weighted by molar-refractivity contribution is 0.676. The van der Waals surface area contributed by atoms with E-state index < -0.39 is 0 Å². The number of nitrogens with one attached hydrogen (secondary N) is 2. The lowest BCUT2D eigenvalue weighted by atomic mass is 10.1. The molecule has 0 radical (unpaired) electrons. The summed E-state index contributed by atoms with van der Waals surface area (Å²) < 4.78 is 0. The topological polar surface area (TPSA) is 53.6 Å². The van der Waals surface area contributed by atoms with Crippen LogP contribution in [-0.2, 0) is 0 Å². The van der Waals surface area contributed by atoms with Gasteiger partial charge in [-0.25, -0.2) is 0 Å². The van der Waals surface area contributed by atoms with Crippen LogP contribution in [-0.4, -0.2) is 22.0 Å². The molecule has 1 aromatic heterocycles. The molecule has 2 rings (SSSR count). The van der Waals surface area contributed by atoms with Crippen LogP contribution in [0.1, 0.15) is 11.6 Å². The van der Waals surface area contributed by atoms with Gasteiger partial charge < -0.3 is 5.32 Å². The summed E-state index contributed by atoms with van der Waals surface area (Å²) in [6, 6.07) is 5.97.